The lowest BCUT2D eigenvalue weighted by atomic mass is 9.78. The van der Waals surface area contributed by atoms with E-state index in [4.69, 9.17) is 4.74 Å². The molecule has 0 N–H and O–H groups in total. The molecule has 1 aliphatic rings. The van der Waals surface area contributed by atoms with E-state index < -0.39 is 17.5 Å². The van der Waals surface area contributed by atoms with Crippen LogP contribution in [0.4, 0.5) is 13.2 Å². The van der Waals surface area contributed by atoms with Crippen molar-refractivity contribution >= 4 is 0 Å². The Morgan fingerprint density at radius 3 is 2.36 bits per heavy atom. The van der Waals surface area contributed by atoms with Crippen molar-refractivity contribution in [3.8, 4) is 28.0 Å². The van der Waals surface area contributed by atoms with Crippen LogP contribution >= 0.6 is 0 Å². The minimum Gasteiger partial charge on any atom is -0.490 e. The quantitative estimate of drug-likeness (QED) is 0.555. The lowest BCUT2D eigenvalue weighted by molar-refractivity contribution is 0.292. The monoisotopic (exact) mass is 306 g/mol. The predicted molar refractivity (Wildman–Crippen MR) is 80.5 cm³/mol. The molecule has 0 saturated carbocycles. The lowest BCUT2D eigenvalue weighted by Crippen LogP contribution is -2.09. The first-order valence-corrected chi connectivity index (χ1v) is 7.50. The zero-order valence-electron chi connectivity index (χ0n) is 12.6. The van der Waals surface area contributed by atoms with Crippen LogP contribution in [-0.2, 0) is 0 Å². The first-order chi connectivity index (χ1) is 10.6. The van der Waals surface area contributed by atoms with Gasteiger partial charge in [-0.25, -0.2) is 13.2 Å². The number of ether oxygens (including phenoxy) is 1. The van der Waals surface area contributed by atoms with Crippen LogP contribution in [0.3, 0.4) is 0 Å². The molecule has 0 aliphatic heterocycles. The summed E-state index contributed by atoms with van der Waals surface area (Å²) in [6, 6.07) is 4.81. The average molecular weight is 306 g/mol. The zero-order chi connectivity index (χ0) is 15.9. The number of benzene rings is 2. The second kappa shape index (κ2) is 5.67. The summed E-state index contributed by atoms with van der Waals surface area (Å²) >= 11 is 0. The molecular formula is C18H17F3O. The van der Waals surface area contributed by atoms with Crippen molar-refractivity contribution in [1.29, 1.82) is 0 Å². The molecule has 116 valence electrons. The molecule has 0 saturated heterocycles. The Balaban J connectivity index is 1.93. The van der Waals surface area contributed by atoms with Crippen molar-refractivity contribution in [1.82, 2.24) is 0 Å². The summed E-state index contributed by atoms with van der Waals surface area (Å²) in [5.41, 5.74) is 1.54. The fourth-order valence-corrected chi connectivity index (χ4v) is 2.82. The van der Waals surface area contributed by atoms with E-state index in [9.17, 15) is 13.2 Å². The summed E-state index contributed by atoms with van der Waals surface area (Å²) in [5, 5.41) is 0. The van der Waals surface area contributed by atoms with Gasteiger partial charge in [-0.05, 0) is 48.2 Å². The van der Waals surface area contributed by atoms with Crippen LogP contribution in [0.5, 0.6) is 5.75 Å². The Labute approximate surface area is 127 Å². The Morgan fingerprint density at radius 1 is 0.909 bits per heavy atom. The van der Waals surface area contributed by atoms with E-state index in [1.54, 1.807) is 18.2 Å². The van der Waals surface area contributed by atoms with E-state index in [1.807, 2.05) is 0 Å². The summed E-state index contributed by atoms with van der Waals surface area (Å²) in [7, 11) is 0. The highest BCUT2D eigenvalue weighted by atomic mass is 19.2. The van der Waals surface area contributed by atoms with Crippen LogP contribution in [0.1, 0.15) is 31.7 Å². The molecule has 0 unspecified atom stereocenters. The molecule has 2 aromatic rings. The van der Waals surface area contributed by atoms with Gasteiger partial charge >= 0.3 is 0 Å². The molecule has 2 aromatic carbocycles. The third kappa shape index (κ3) is 2.18. The molecule has 0 fully saturated rings. The van der Waals surface area contributed by atoms with E-state index in [2.05, 4.69) is 6.92 Å². The number of fused-ring (bicyclic) bond motifs is 4. The van der Waals surface area contributed by atoms with E-state index in [0.717, 1.165) is 19.3 Å². The highest BCUT2D eigenvalue weighted by molar-refractivity contribution is 6.03. The highest BCUT2D eigenvalue weighted by Gasteiger charge is 2.33. The van der Waals surface area contributed by atoms with Gasteiger partial charge in [0.15, 0.2) is 23.2 Å². The highest BCUT2D eigenvalue weighted by Crippen LogP contribution is 2.52. The van der Waals surface area contributed by atoms with Crippen molar-refractivity contribution < 1.29 is 17.9 Å². The molecule has 0 aromatic heterocycles. The lowest BCUT2D eigenvalue weighted by Gasteiger charge is -2.26. The summed E-state index contributed by atoms with van der Waals surface area (Å²) in [6.07, 6.45) is 2.90. The number of aryl methyl sites for hydroxylation is 1. The average Bonchev–Trinajstić information content (AvgIpc) is 2.49. The Bertz CT molecular complexity index is 738. The Morgan fingerprint density at radius 2 is 1.64 bits per heavy atom. The molecule has 0 atom stereocenters. The van der Waals surface area contributed by atoms with Gasteiger partial charge in [0, 0.05) is 11.1 Å². The van der Waals surface area contributed by atoms with Crippen molar-refractivity contribution in [3.05, 3.63) is 41.2 Å². The maximum Gasteiger partial charge on any atom is 0.173 e. The fraction of sp³-hybridized carbons (Fsp3) is 0.333. The van der Waals surface area contributed by atoms with Crippen molar-refractivity contribution in [2.24, 2.45) is 0 Å². The van der Waals surface area contributed by atoms with Crippen LogP contribution in [0.15, 0.2) is 18.2 Å². The van der Waals surface area contributed by atoms with Crippen LogP contribution in [0.2, 0.25) is 0 Å². The minimum absolute atomic E-state index is 0.0228. The van der Waals surface area contributed by atoms with Crippen molar-refractivity contribution in [2.45, 2.75) is 33.1 Å². The first kappa shape index (κ1) is 14.9. The van der Waals surface area contributed by atoms with E-state index in [0.29, 0.717) is 17.7 Å². The molecule has 1 nitrogen and oxygen atoms in total. The third-order valence-electron chi connectivity index (χ3n) is 4.04. The molecule has 0 amide bonds. The van der Waals surface area contributed by atoms with Gasteiger partial charge in [0.2, 0.25) is 0 Å². The maximum atomic E-state index is 14.5. The van der Waals surface area contributed by atoms with Gasteiger partial charge in [-0.3, -0.25) is 0 Å². The summed E-state index contributed by atoms with van der Waals surface area (Å²) < 4.78 is 47.7. The Hall–Kier alpha value is -1.97. The SMILES string of the molecule is CCCCCOc1ccc2c(c1F)-c1c-2cc(C)c(F)c1F. The number of hydrogen-bond donors (Lipinski definition) is 0. The van der Waals surface area contributed by atoms with E-state index >= 15 is 0 Å². The summed E-state index contributed by atoms with van der Waals surface area (Å²) in [6.45, 7) is 3.99. The molecule has 0 radical (unpaired) electrons. The number of unbranched alkanes of at least 4 members (excludes halogenated alkanes) is 2. The van der Waals surface area contributed by atoms with Crippen LogP contribution in [0.25, 0.3) is 22.3 Å². The Kier molecular flexibility index (Phi) is 3.85. The maximum absolute atomic E-state index is 14.5. The minimum atomic E-state index is -0.982. The number of halogens is 3. The molecule has 4 heteroatoms. The topological polar surface area (TPSA) is 9.23 Å². The summed E-state index contributed by atoms with van der Waals surface area (Å²) in [4.78, 5) is 0. The normalized spacial score (nSPS) is 11.7. The van der Waals surface area contributed by atoms with E-state index in [-0.39, 0.29) is 22.4 Å². The molecule has 22 heavy (non-hydrogen) atoms. The standard InChI is InChI=1S/C18H17F3O/c1-3-4-5-8-22-13-7-6-11-12-9-10(2)16(19)18(21)15(12)14(11)17(13)20/h6-7,9H,3-5,8H2,1-2H3. The van der Waals surface area contributed by atoms with Crippen LogP contribution < -0.4 is 4.74 Å². The van der Waals surface area contributed by atoms with Gasteiger partial charge in [-0.2, -0.15) is 0 Å². The zero-order valence-corrected chi connectivity index (χ0v) is 12.6. The molecule has 0 spiro atoms. The molecule has 0 heterocycles. The second-order valence-corrected chi connectivity index (χ2v) is 5.60. The van der Waals surface area contributed by atoms with Crippen molar-refractivity contribution in [3.63, 3.8) is 0 Å². The molecular weight excluding hydrogens is 289 g/mol. The van der Waals surface area contributed by atoms with E-state index in [1.165, 1.54) is 6.92 Å². The predicted octanol–water partition coefficient (Wildman–Crippen LogP) is 5.63. The van der Waals surface area contributed by atoms with Crippen molar-refractivity contribution in [2.75, 3.05) is 6.61 Å². The molecule has 3 rings (SSSR count). The van der Waals surface area contributed by atoms with Gasteiger partial charge in [-0.15, -0.1) is 0 Å². The molecule has 1 aliphatic carbocycles. The van der Waals surface area contributed by atoms with Gasteiger partial charge < -0.3 is 4.74 Å². The van der Waals surface area contributed by atoms with Crippen LogP contribution in [0, 0.1) is 24.4 Å². The second-order valence-electron chi connectivity index (χ2n) is 5.60. The number of hydrogen-bond acceptors (Lipinski definition) is 1. The van der Waals surface area contributed by atoms with Gasteiger partial charge in [0.25, 0.3) is 0 Å². The van der Waals surface area contributed by atoms with Gasteiger partial charge in [0.1, 0.15) is 0 Å². The smallest absolute Gasteiger partial charge is 0.173 e. The fourth-order valence-electron chi connectivity index (χ4n) is 2.82. The van der Waals surface area contributed by atoms with Gasteiger partial charge in [0.05, 0.1) is 6.61 Å². The third-order valence-corrected chi connectivity index (χ3v) is 4.04. The number of rotatable bonds is 5. The largest absolute Gasteiger partial charge is 0.490 e. The van der Waals surface area contributed by atoms with Crippen LogP contribution in [-0.4, -0.2) is 6.61 Å². The summed E-state index contributed by atoms with van der Waals surface area (Å²) in [5.74, 6) is -2.41. The van der Waals surface area contributed by atoms with Gasteiger partial charge in [-0.1, -0.05) is 19.8 Å². The first-order valence-electron chi connectivity index (χ1n) is 7.50. The molecule has 0 bridgehead atoms.